The van der Waals surface area contributed by atoms with Crippen LogP contribution in [0.5, 0.6) is 5.75 Å². The van der Waals surface area contributed by atoms with Crippen LogP contribution in [0.1, 0.15) is 38.2 Å². The average molecular weight is 473 g/mol. The lowest BCUT2D eigenvalue weighted by atomic mass is 9.73. The Morgan fingerprint density at radius 1 is 1.19 bits per heavy atom. The van der Waals surface area contributed by atoms with Gasteiger partial charge in [-0.05, 0) is 61.2 Å². The lowest BCUT2D eigenvalue weighted by Gasteiger charge is -2.37. The third-order valence-electron chi connectivity index (χ3n) is 5.96. The first-order chi connectivity index (χ1) is 15.5. The maximum atomic E-state index is 13.8. The van der Waals surface area contributed by atoms with Gasteiger partial charge in [0.1, 0.15) is 11.3 Å². The quantitative estimate of drug-likeness (QED) is 0.403. The van der Waals surface area contributed by atoms with E-state index in [9.17, 15) is 4.79 Å². The Labute approximate surface area is 198 Å². The van der Waals surface area contributed by atoms with Gasteiger partial charge < -0.3 is 14.8 Å². The number of nitrogens with zero attached hydrogens (tertiary/aromatic N) is 1. The second kappa shape index (κ2) is 10.1. The van der Waals surface area contributed by atoms with E-state index in [-0.39, 0.29) is 5.91 Å². The molecule has 1 aliphatic heterocycles. The Balaban J connectivity index is 1.69. The van der Waals surface area contributed by atoms with Gasteiger partial charge in [0, 0.05) is 34.8 Å². The third kappa shape index (κ3) is 4.56. The van der Waals surface area contributed by atoms with Gasteiger partial charge in [-0.2, -0.15) is 0 Å². The predicted molar refractivity (Wildman–Crippen MR) is 129 cm³/mol. The highest BCUT2D eigenvalue weighted by Crippen LogP contribution is 2.41. The van der Waals surface area contributed by atoms with Gasteiger partial charge >= 0.3 is 0 Å². The molecule has 1 saturated heterocycles. The Hall–Kier alpha value is -2.34. The number of nitrogens with one attached hydrogen (secondary N) is 1. The van der Waals surface area contributed by atoms with E-state index in [1.807, 2.05) is 30.3 Å². The summed E-state index contributed by atoms with van der Waals surface area (Å²) in [5, 5.41) is 5.01. The van der Waals surface area contributed by atoms with Crippen LogP contribution in [0.3, 0.4) is 0 Å². The van der Waals surface area contributed by atoms with Gasteiger partial charge in [-0.1, -0.05) is 42.6 Å². The molecular formula is C25H26Cl2N2O3. The molecule has 1 N–H and O–H groups in total. The molecule has 0 bridgehead atoms. The van der Waals surface area contributed by atoms with E-state index in [4.69, 9.17) is 32.7 Å². The van der Waals surface area contributed by atoms with Gasteiger partial charge in [0.15, 0.2) is 0 Å². The number of pyridine rings is 1. The van der Waals surface area contributed by atoms with Crippen LogP contribution in [-0.2, 0) is 14.9 Å². The van der Waals surface area contributed by atoms with E-state index in [0.717, 1.165) is 29.3 Å². The average Bonchev–Trinajstić information content (AvgIpc) is 2.81. The molecule has 0 radical (unpaired) electrons. The summed E-state index contributed by atoms with van der Waals surface area (Å²) in [6, 6.07) is 12.8. The molecule has 32 heavy (non-hydrogen) atoms. The highest BCUT2D eigenvalue weighted by atomic mass is 35.5. The van der Waals surface area contributed by atoms with E-state index in [1.54, 1.807) is 18.3 Å². The number of amides is 1. The summed E-state index contributed by atoms with van der Waals surface area (Å²) in [5.74, 6) is 0.600. The van der Waals surface area contributed by atoms with E-state index in [0.29, 0.717) is 54.1 Å². The normalized spacial score (nSPS) is 15.5. The van der Waals surface area contributed by atoms with Gasteiger partial charge in [0.25, 0.3) is 0 Å². The van der Waals surface area contributed by atoms with E-state index in [2.05, 4.69) is 17.2 Å². The first kappa shape index (κ1) is 22.8. The minimum absolute atomic E-state index is 0.116. The number of benzene rings is 2. The van der Waals surface area contributed by atoms with Crippen molar-refractivity contribution in [2.24, 2.45) is 0 Å². The van der Waals surface area contributed by atoms with Crippen molar-refractivity contribution in [1.29, 1.82) is 0 Å². The van der Waals surface area contributed by atoms with Crippen molar-refractivity contribution in [3.8, 4) is 5.75 Å². The second-order valence-electron chi connectivity index (χ2n) is 7.99. The molecule has 0 saturated carbocycles. The van der Waals surface area contributed by atoms with Crippen LogP contribution in [-0.4, -0.2) is 30.7 Å². The number of unbranched alkanes of at least 4 members (excludes halogenated alkanes) is 1. The number of ether oxygens (including phenoxy) is 2. The zero-order chi connectivity index (χ0) is 22.6. The summed E-state index contributed by atoms with van der Waals surface area (Å²) in [6.07, 6.45) is 4.83. The standard InChI is InChI=1S/C25H26Cl2N2O3/c1-2-3-13-32-22-9-8-21(18-5-4-12-28-23(18)22)29-24(30)25(10-14-31-15-11-25)19-7-6-17(26)16-20(19)27/h4-9,12,16H,2-3,10-11,13-15H2,1H3,(H,29,30). The molecule has 2 aromatic carbocycles. The molecule has 168 valence electrons. The molecule has 0 aliphatic carbocycles. The van der Waals surface area contributed by atoms with Crippen molar-refractivity contribution >= 4 is 45.7 Å². The fraction of sp³-hybridized carbons (Fsp3) is 0.360. The zero-order valence-electron chi connectivity index (χ0n) is 18.0. The van der Waals surface area contributed by atoms with Crippen LogP contribution in [0.2, 0.25) is 10.0 Å². The van der Waals surface area contributed by atoms with Crippen LogP contribution in [0.15, 0.2) is 48.7 Å². The maximum absolute atomic E-state index is 13.8. The molecule has 1 aliphatic rings. The van der Waals surface area contributed by atoms with Gasteiger partial charge in [0.2, 0.25) is 5.91 Å². The molecule has 1 aromatic heterocycles. The van der Waals surface area contributed by atoms with Gasteiger partial charge in [-0.3, -0.25) is 9.78 Å². The Morgan fingerprint density at radius 2 is 2.00 bits per heavy atom. The minimum atomic E-state index is -0.801. The van der Waals surface area contributed by atoms with Crippen molar-refractivity contribution in [1.82, 2.24) is 4.98 Å². The summed E-state index contributed by atoms with van der Waals surface area (Å²) >= 11 is 12.7. The summed E-state index contributed by atoms with van der Waals surface area (Å²) < 4.78 is 11.5. The van der Waals surface area contributed by atoms with Crippen LogP contribution in [0.25, 0.3) is 10.9 Å². The van der Waals surface area contributed by atoms with Crippen molar-refractivity contribution in [3.05, 3.63) is 64.3 Å². The molecule has 1 fully saturated rings. The number of carbonyl (C=O) groups is 1. The predicted octanol–water partition coefficient (Wildman–Crippen LogP) is 6.41. The van der Waals surface area contributed by atoms with Gasteiger partial charge in [-0.15, -0.1) is 0 Å². The molecule has 0 spiro atoms. The monoisotopic (exact) mass is 472 g/mol. The summed E-state index contributed by atoms with van der Waals surface area (Å²) in [5.41, 5.74) is 1.39. The molecular weight excluding hydrogens is 447 g/mol. The van der Waals surface area contributed by atoms with E-state index in [1.165, 1.54) is 0 Å². The second-order valence-corrected chi connectivity index (χ2v) is 8.83. The van der Waals surface area contributed by atoms with Crippen LogP contribution < -0.4 is 10.1 Å². The smallest absolute Gasteiger partial charge is 0.235 e. The van der Waals surface area contributed by atoms with Gasteiger partial charge in [0.05, 0.1) is 17.7 Å². The van der Waals surface area contributed by atoms with Crippen molar-refractivity contribution in [2.75, 3.05) is 25.1 Å². The molecule has 4 rings (SSSR count). The van der Waals surface area contributed by atoms with Crippen LogP contribution in [0.4, 0.5) is 5.69 Å². The summed E-state index contributed by atoms with van der Waals surface area (Å²) in [4.78, 5) is 18.3. The van der Waals surface area contributed by atoms with Crippen molar-refractivity contribution < 1.29 is 14.3 Å². The van der Waals surface area contributed by atoms with Crippen LogP contribution in [0, 0.1) is 0 Å². The maximum Gasteiger partial charge on any atom is 0.235 e. The number of rotatable bonds is 7. The number of fused-ring (bicyclic) bond motifs is 1. The lowest BCUT2D eigenvalue weighted by Crippen LogP contribution is -2.45. The highest BCUT2D eigenvalue weighted by molar-refractivity contribution is 6.35. The molecule has 1 amide bonds. The van der Waals surface area contributed by atoms with Gasteiger partial charge in [-0.25, -0.2) is 0 Å². The molecule has 3 aromatic rings. The topological polar surface area (TPSA) is 60.5 Å². The molecule has 2 heterocycles. The Bertz CT molecular complexity index is 1110. The number of aromatic nitrogens is 1. The van der Waals surface area contributed by atoms with Crippen molar-refractivity contribution in [3.63, 3.8) is 0 Å². The number of anilines is 1. The molecule has 0 unspecified atom stereocenters. The van der Waals surface area contributed by atoms with E-state index >= 15 is 0 Å². The highest BCUT2D eigenvalue weighted by Gasteiger charge is 2.43. The fourth-order valence-corrected chi connectivity index (χ4v) is 4.75. The molecule has 7 heteroatoms. The fourth-order valence-electron chi connectivity index (χ4n) is 4.16. The first-order valence-electron chi connectivity index (χ1n) is 10.9. The minimum Gasteiger partial charge on any atom is -0.491 e. The largest absolute Gasteiger partial charge is 0.491 e. The Kier molecular flexibility index (Phi) is 7.19. The lowest BCUT2D eigenvalue weighted by molar-refractivity contribution is -0.125. The Morgan fingerprint density at radius 3 is 2.75 bits per heavy atom. The number of halogens is 2. The summed E-state index contributed by atoms with van der Waals surface area (Å²) in [7, 11) is 0. The molecule has 5 nitrogen and oxygen atoms in total. The number of carbonyl (C=O) groups excluding carboxylic acids is 1. The first-order valence-corrected chi connectivity index (χ1v) is 11.7. The number of hydrogen-bond donors (Lipinski definition) is 1. The number of hydrogen-bond acceptors (Lipinski definition) is 4. The zero-order valence-corrected chi connectivity index (χ0v) is 19.5. The van der Waals surface area contributed by atoms with Crippen molar-refractivity contribution in [2.45, 2.75) is 38.0 Å². The third-order valence-corrected chi connectivity index (χ3v) is 6.51. The SMILES string of the molecule is CCCCOc1ccc(NC(=O)C2(c3ccc(Cl)cc3Cl)CCOCC2)c2cccnc12. The van der Waals surface area contributed by atoms with E-state index < -0.39 is 5.41 Å². The van der Waals surface area contributed by atoms with Crippen LogP contribution >= 0.6 is 23.2 Å². The molecule has 0 atom stereocenters. The summed E-state index contributed by atoms with van der Waals surface area (Å²) in [6.45, 7) is 3.72.